The van der Waals surface area contributed by atoms with Crippen LogP contribution >= 0.6 is 0 Å². The summed E-state index contributed by atoms with van der Waals surface area (Å²) in [6.45, 7) is 5.23. The third kappa shape index (κ3) is 3.46. The number of carbonyl (C=O) groups is 1. The fourth-order valence-electron chi connectivity index (χ4n) is 2.42. The standard InChI is InChI=1S/C12H24N2O2/c1-3-6-10-7-4-5-8-14(10)9-12(2,13)11(15)16/h10H,3-9,13H2,1-2H3,(H,15,16). The molecule has 0 radical (unpaired) electrons. The first-order valence-electron chi connectivity index (χ1n) is 6.23. The van der Waals surface area contributed by atoms with Gasteiger partial charge in [-0.2, -0.15) is 0 Å². The van der Waals surface area contributed by atoms with Gasteiger partial charge in [0.25, 0.3) is 0 Å². The van der Waals surface area contributed by atoms with Crippen molar-refractivity contribution < 1.29 is 9.90 Å². The molecule has 0 aliphatic carbocycles. The van der Waals surface area contributed by atoms with Crippen molar-refractivity contribution in [1.82, 2.24) is 4.90 Å². The van der Waals surface area contributed by atoms with Gasteiger partial charge in [-0.25, -0.2) is 0 Å². The maximum absolute atomic E-state index is 11.0. The number of aliphatic carboxylic acids is 1. The van der Waals surface area contributed by atoms with E-state index in [1.54, 1.807) is 6.92 Å². The molecule has 3 N–H and O–H groups in total. The monoisotopic (exact) mass is 228 g/mol. The van der Waals surface area contributed by atoms with Crippen LogP contribution in [0.4, 0.5) is 0 Å². The van der Waals surface area contributed by atoms with E-state index in [1.807, 2.05) is 0 Å². The van der Waals surface area contributed by atoms with Gasteiger partial charge in [-0.15, -0.1) is 0 Å². The number of rotatable bonds is 5. The van der Waals surface area contributed by atoms with Gasteiger partial charge in [-0.1, -0.05) is 19.8 Å². The molecule has 1 aliphatic rings. The van der Waals surface area contributed by atoms with Crippen LogP contribution in [0.15, 0.2) is 0 Å². The maximum atomic E-state index is 11.0. The van der Waals surface area contributed by atoms with Crippen LogP contribution in [0.2, 0.25) is 0 Å². The second-order valence-electron chi connectivity index (χ2n) is 5.13. The van der Waals surface area contributed by atoms with E-state index < -0.39 is 11.5 Å². The molecule has 16 heavy (non-hydrogen) atoms. The summed E-state index contributed by atoms with van der Waals surface area (Å²) in [6, 6.07) is 0.529. The van der Waals surface area contributed by atoms with Crippen molar-refractivity contribution in [3.05, 3.63) is 0 Å². The second-order valence-corrected chi connectivity index (χ2v) is 5.13. The average molecular weight is 228 g/mol. The summed E-state index contributed by atoms with van der Waals surface area (Å²) < 4.78 is 0. The van der Waals surface area contributed by atoms with Gasteiger partial charge in [0.2, 0.25) is 0 Å². The molecule has 1 saturated heterocycles. The van der Waals surface area contributed by atoms with E-state index in [0.29, 0.717) is 12.6 Å². The van der Waals surface area contributed by atoms with E-state index in [1.165, 1.54) is 12.8 Å². The Balaban J connectivity index is 2.58. The lowest BCUT2D eigenvalue weighted by molar-refractivity contribution is -0.143. The molecule has 0 amide bonds. The zero-order chi connectivity index (χ0) is 12.2. The van der Waals surface area contributed by atoms with Gasteiger partial charge in [0.05, 0.1) is 0 Å². The predicted octanol–water partition coefficient (Wildman–Crippen LogP) is 1.44. The first-order valence-corrected chi connectivity index (χ1v) is 6.23. The van der Waals surface area contributed by atoms with Gasteiger partial charge in [-0.3, -0.25) is 9.69 Å². The Morgan fingerprint density at radius 2 is 2.25 bits per heavy atom. The fraction of sp³-hybridized carbons (Fsp3) is 0.917. The number of hydrogen-bond acceptors (Lipinski definition) is 3. The molecule has 0 aromatic carbocycles. The minimum Gasteiger partial charge on any atom is -0.480 e. The van der Waals surface area contributed by atoms with Gasteiger partial charge in [0, 0.05) is 12.6 Å². The summed E-state index contributed by atoms with van der Waals surface area (Å²) in [6.07, 6.45) is 5.90. The second kappa shape index (κ2) is 5.64. The predicted molar refractivity (Wildman–Crippen MR) is 64.3 cm³/mol. The number of carboxylic acids is 1. The first kappa shape index (κ1) is 13.5. The van der Waals surface area contributed by atoms with Crippen LogP contribution in [0, 0.1) is 0 Å². The fourth-order valence-corrected chi connectivity index (χ4v) is 2.42. The van der Waals surface area contributed by atoms with Crippen molar-refractivity contribution in [3.63, 3.8) is 0 Å². The minimum atomic E-state index is -1.12. The quantitative estimate of drug-likeness (QED) is 0.747. The molecule has 2 atom stereocenters. The normalized spacial score (nSPS) is 26.3. The first-order chi connectivity index (χ1) is 7.47. The Hall–Kier alpha value is -0.610. The van der Waals surface area contributed by atoms with Crippen LogP contribution in [0.5, 0.6) is 0 Å². The van der Waals surface area contributed by atoms with Crippen LogP contribution in [0.25, 0.3) is 0 Å². The summed E-state index contributed by atoms with van der Waals surface area (Å²) >= 11 is 0. The highest BCUT2D eigenvalue weighted by atomic mass is 16.4. The maximum Gasteiger partial charge on any atom is 0.324 e. The van der Waals surface area contributed by atoms with Crippen molar-refractivity contribution >= 4 is 5.97 Å². The highest BCUT2D eigenvalue weighted by Gasteiger charge is 2.33. The molecule has 2 unspecified atom stereocenters. The van der Waals surface area contributed by atoms with Gasteiger partial charge >= 0.3 is 5.97 Å². The van der Waals surface area contributed by atoms with Crippen molar-refractivity contribution in [2.45, 2.75) is 57.5 Å². The number of likely N-dealkylation sites (tertiary alicyclic amines) is 1. The molecule has 1 aliphatic heterocycles. The highest BCUT2D eigenvalue weighted by Crippen LogP contribution is 2.22. The number of nitrogens with two attached hydrogens (primary N) is 1. The Morgan fingerprint density at radius 1 is 1.56 bits per heavy atom. The van der Waals surface area contributed by atoms with E-state index in [0.717, 1.165) is 25.8 Å². The van der Waals surface area contributed by atoms with Gasteiger partial charge in [0.15, 0.2) is 0 Å². The third-order valence-electron chi connectivity index (χ3n) is 3.39. The summed E-state index contributed by atoms with van der Waals surface area (Å²) in [5, 5.41) is 9.04. The topological polar surface area (TPSA) is 66.6 Å². The Morgan fingerprint density at radius 3 is 2.81 bits per heavy atom. The molecule has 0 aromatic rings. The summed E-state index contributed by atoms with van der Waals surface area (Å²) in [5.41, 5.74) is 4.69. The molecule has 0 spiro atoms. The number of carboxylic acid groups (broad SMARTS) is 1. The van der Waals surface area contributed by atoms with Crippen LogP contribution in [0.1, 0.15) is 46.0 Å². The smallest absolute Gasteiger partial charge is 0.324 e. The molecule has 1 fully saturated rings. The Kier molecular flexibility index (Phi) is 4.74. The lowest BCUT2D eigenvalue weighted by Crippen LogP contribution is -2.56. The summed E-state index contributed by atoms with van der Waals surface area (Å²) in [5.74, 6) is -0.909. The van der Waals surface area contributed by atoms with E-state index in [9.17, 15) is 4.79 Å². The minimum absolute atomic E-state index is 0.465. The van der Waals surface area contributed by atoms with E-state index >= 15 is 0 Å². The summed E-state index contributed by atoms with van der Waals surface area (Å²) in [7, 11) is 0. The van der Waals surface area contributed by atoms with Crippen LogP contribution in [-0.2, 0) is 4.79 Å². The zero-order valence-electron chi connectivity index (χ0n) is 10.4. The van der Waals surface area contributed by atoms with E-state index in [2.05, 4.69) is 11.8 Å². The van der Waals surface area contributed by atoms with Crippen LogP contribution in [0.3, 0.4) is 0 Å². The molecule has 1 heterocycles. The average Bonchev–Trinajstić information content (AvgIpc) is 2.20. The van der Waals surface area contributed by atoms with Crippen molar-refractivity contribution in [2.75, 3.05) is 13.1 Å². The van der Waals surface area contributed by atoms with Gasteiger partial charge in [0.1, 0.15) is 5.54 Å². The number of nitrogens with zero attached hydrogens (tertiary/aromatic N) is 1. The molecule has 0 aromatic heterocycles. The van der Waals surface area contributed by atoms with Crippen molar-refractivity contribution in [3.8, 4) is 0 Å². The van der Waals surface area contributed by atoms with Crippen molar-refractivity contribution in [1.29, 1.82) is 0 Å². The molecule has 0 bridgehead atoms. The lowest BCUT2D eigenvalue weighted by atomic mass is 9.94. The summed E-state index contributed by atoms with van der Waals surface area (Å²) in [4.78, 5) is 13.3. The third-order valence-corrected chi connectivity index (χ3v) is 3.39. The molecule has 94 valence electrons. The lowest BCUT2D eigenvalue weighted by Gasteiger charge is -2.39. The molecule has 4 heteroatoms. The molecular weight excluding hydrogens is 204 g/mol. The Labute approximate surface area is 97.8 Å². The largest absolute Gasteiger partial charge is 0.480 e. The van der Waals surface area contributed by atoms with E-state index in [4.69, 9.17) is 10.8 Å². The van der Waals surface area contributed by atoms with E-state index in [-0.39, 0.29) is 0 Å². The SMILES string of the molecule is CCCC1CCCCN1CC(C)(N)C(=O)O. The number of hydrogen-bond donors (Lipinski definition) is 2. The molecule has 0 saturated carbocycles. The zero-order valence-corrected chi connectivity index (χ0v) is 10.4. The van der Waals surface area contributed by atoms with Crippen LogP contribution in [-0.4, -0.2) is 40.6 Å². The van der Waals surface area contributed by atoms with Gasteiger partial charge in [-0.05, 0) is 32.7 Å². The molecule has 4 nitrogen and oxygen atoms in total. The highest BCUT2D eigenvalue weighted by molar-refractivity contribution is 5.78. The number of piperidine rings is 1. The van der Waals surface area contributed by atoms with Crippen molar-refractivity contribution in [2.24, 2.45) is 5.73 Å². The molecular formula is C12H24N2O2. The molecule has 1 rings (SSSR count). The van der Waals surface area contributed by atoms with Crippen LogP contribution < -0.4 is 5.73 Å². The van der Waals surface area contributed by atoms with Gasteiger partial charge < -0.3 is 10.8 Å². The Bertz CT molecular complexity index is 239.